The van der Waals surface area contributed by atoms with E-state index >= 15 is 0 Å². The minimum Gasteiger partial charge on any atom is -0.394 e. The molecular formula is C25H24ClN3O3. The van der Waals surface area contributed by atoms with Crippen LogP contribution in [-0.2, 0) is 11.2 Å². The molecule has 5 rings (SSSR count). The van der Waals surface area contributed by atoms with Crippen molar-refractivity contribution in [3.63, 3.8) is 0 Å². The maximum atomic E-state index is 13.0. The normalized spacial score (nSPS) is 16.6. The average molecular weight is 450 g/mol. The number of aliphatic hydroxyl groups is 1. The standard InChI is InChI=1S/C25H24ClN3O3/c26-19-3-1-2-18(12-19)24(16-30)29-7-6-17(13-25(29)31)21-4-5-23-22(21)14-20(15-27-23)28-8-10-32-11-9-28/h1-4,6-7,12-15,24,30H,5,8-11,16H2. The number of anilines is 1. The van der Waals surface area contributed by atoms with Gasteiger partial charge in [-0.1, -0.05) is 29.8 Å². The lowest BCUT2D eigenvalue weighted by Gasteiger charge is -2.29. The van der Waals surface area contributed by atoms with Crippen molar-refractivity contribution in [2.75, 3.05) is 37.8 Å². The van der Waals surface area contributed by atoms with Crippen LogP contribution in [0.15, 0.2) is 65.7 Å². The molecule has 0 radical (unpaired) electrons. The van der Waals surface area contributed by atoms with Crippen LogP contribution >= 0.6 is 11.6 Å². The smallest absolute Gasteiger partial charge is 0.251 e. The maximum Gasteiger partial charge on any atom is 0.251 e. The molecule has 3 aromatic rings. The number of rotatable bonds is 5. The van der Waals surface area contributed by atoms with Crippen LogP contribution in [0.3, 0.4) is 0 Å². The fraction of sp³-hybridized carbons (Fsp3) is 0.280. The van der Waals surface area contributed by atoms with E-state index < -0.39 is 6.04 Å². The topological polar surface area (TPSA) is 67.6 Å². The van der Waals surface area contributed by atoms with E-state index in [1.54, 1.807) is 29.0 Å². The van der Waals surface area contributed by atoms with Gasteiger partial charge >= 0.3 is 0 Å². The third-order valence-corrected chi connectivity index (χ3v) is 6.36. The summed E-state index contributed by atoms with van der Waals surface area (Å²) in [5.74, 6) is 0. The lowest BCUT2D eigenvalue weighted by molar-refractivity contribution is 0.122. The number of aliphatic hydroxyl groups excluding tert-OH is 1. The van der Waals surface area contributed by atoms with Crippen molar-refractivity contribution >= 4 is 22.9 Å². The maximum absolute atomic E-state index is 13.0. The second-order valence-corrected chi connectivity index (χ2v) is 8.46. The number of nitrogens with zero attached hydrogens (tertiary/aromatic N) is 3. The molecular weight excluding hydrogens is 426 g/mol. The Bertz CT molecular complexity index is 1230. The van der Waals surface area contributed by atoms with E-state index in [4.69, 9.17) is 16.3 Å². The van der Waals surface area contributed by atoms with Crippen LogP contribution in [0.5, 0.6) is 0 Å². The zero-order valence-electron chi connectivity index (χ0n) is 17.6. The predicted molar refractivity (Wildman–Crippen MR) is 125 cm³/mol. The summed E-state index contributed by atoms with van der Waals surface area (Å²) in [7, 11) is 0. The average Bonchev–Trinajstić information content (AvgIpc) is 3.24. The van der Waals surface area contributed by atoms with Crippen LogP contribution in [-0.4, -0.2) is 47.6 Å². The Morgan fingerprint density at radius 3 is 2.75 bits per heavy atom. The highest BCUT2D eigenvalue weighted by Gasteiger charge is 2.21. The molecule has 0 spiro atoms. The molecule has 0 saturated carbocycles. The first-order chi connectivity index (χ1) is 15.6. The Hall–Kier alpha value is -2.93. The highest BCUT2D eigenvalue weighted by atomic mass is 35.5. The van der Waals surface area contributed by atoms with Gasteiger partial charge in [-0.3, -0.25) is 9.78 Å². The molecule has 1 aliphatic carbocycles. The summed E-state index contributed by atoms with van der Waals surface area (Å²) in [5.41, 5.74) is 5.67. The van der Waals surface area contributed by atoms with E-state index in [1.165, 1.54) is 0 Å². The molecule has 1 aromatic carbocycles. The molecule has 7 heteroatoms. The number of aromatic nitrogens is 2. The van der Waals surface area contributed by atoms with Crippen molar-refractivity contribution in [1.29, 1.82) is 0 Å². The first-order valence-electron chi connectivity index (χ1n) is 10.7. The van der Waals surface area contributed by atoms with Gasteiger partial charge in [-0.05, 0) is 41.0 Å². The lowest BCUT2D eigenvalue weighted by Crippen LogP contribution is -2.36. The molecule has 1 unspecified atom stereocenters. The molecule has 1 fully saturated rings. The number of ether oxygens (including phenoxy) is 1. The molecule has 0 bridgehead atoms. The second-order valence-electron chi connectivity index (χ2n) is 8.02. The largest absolute Gasteiger partial charge is 0.394 e. The molecule has 2 aromatic heterocycles. The molecule has 3 heterocycles. The van der Waals surface area contributed by atoms with E-state index in [9.17, 15) is 9.90 Å². The minimum absolute atomic E-state index is 0.173. The van der Waals surface area contributed by atoms with Crippen molar-refractivity contribution in [2.45, 2.75) is 12.5 Å². The van der Waals surface area contributed by atoms with Crippen LogP contribution in [0.25, 0.3) is 5.57 Å². The fourth-order valence-electron chi connectivity index (χ4n) is 4.44. The molecule has 2 aliphatic rings. The number of halogens is 1. The SMILES string of the molecule is O=c1cc(C2=CCc3ncc(N4CCOCC4)cc32)ccn1C(CO)c1cccc(Cl)c1. The molecule has 164 valence electrons. The van der Waals surface area contributed by atoms with E-state index in [0.717, 1.165) is 66.4 Å². The number of hydrogen-bond acceptors (Lipinski definition) is 5. The van der Waals surface area contributed by atoms with Crippen LogP contribution < -0.4 is 10.5 Å². The highest BCUT2D eigenvalue weighted by Crippen LogP contribution is 2.34. The van der Waals surface area contributed by atoms with Crippen LogP contribution in [0.1, 0.15) is 28.4 Å². The second kappa shape index (κ2) is 8.90. The summed E-state index contributed by atoms with van der Waals surface area (Å²) in [6, 6.07) is 12.5. The van der Waals surface area contributed by atoms with Gasteiger partial charge in [0.25, 0.3) is 5.56 Å². The molecule has 0 amide bonds. The molecule has 1 saturated heterocycles. The Balaban J connectivity index is 1.46. The summed E-state index contributed by atoms with van der Waals surface area (Å²) in [6.45, 7) is 2.94. The van der Waals surface area contributed by atoms with Crippen molar-refractivity contribution < 1.29 is 9.84 Å². The van der Waals surface area contributed by atoms with Gasteiger partial charge in [0, 0.05) is 42.4 Å². The van der Waals surface area contributed by atoms with Gasteiger partial charge < -0.3 is 19.3 Å². The Labute approximate surface area is 191 Å². The third kappa shape index (κ3) is 3.97. The number of pyridine rings is 2. The molecule has 1 aliphatic heterocycles. The molecule has 1 N–H and O–H groups in total. The number of morpholine rings is 1. The van der Waals surface area contributed by atoms with Gasteiger partial charge in [-0.2, -0.15) is 0 Å². The van der Waals surface area contributed by atoms with Gasteiger partial charge in [0.15, 0.2) is 0 Å². The Morgan fingerprint density at radius 2 is 2.00 bits per heavy atom. The van der Waals surface area contributed by atoms with E-state index in [-0.39, 0.29) is 12.2 Å². The zero-order chi connectivity index (χ0) is 22.1. The molecule has 6 nitrogen and oxygen atoms in total. The summed E-state index contributed by atoms with van der Waals surface area (Å²) in [6.07, 6.45) is 6.55. The minimum atomic E-state index is -0.491. The third-order valence-electron chi connectivity index (χ3n) is 6.12. The monoisotopic (exact) mass is 449 g/mol. The highest BCUT2D eigenvalue weighted by molar-refractivity contribution is 6.30. The molecule has 1 atom stereocenters. The van der Waals surface area contributed by atoms with Gasteiger partial charge in [0.05, 0.1) is 43.4 Å². The first-order valence-corrected chi connectivity index (χ1v) is 11.1. The zero-order valence-corrected chi connectivity index (χ0v) is 18.3. The van der Waals surface area contributed by atoms with E-state index in [2.05, 4.69) is 22.0 Å². The van der Waals surface area contributed by atoms with Gasteiger partial charge in [0.1, 0.15) is 0 Å². The summed E-state index contributed by atoms with van der Waals surface area (Å²) in [4.78, 5) is 20.0. The van der Waals surface area contributed by atoms with E-state index in [0.29, 0.717) is 5.02 Å². The van der Waals surface area contributed by atoms with Crippen LogP contribution in [0, 0.1) is 0 Å². The predicted octanol–water partition coefficient (Wildman–Crippen LogP) is 3.30. The van der Waals surface area contributed by atoms with Gasteiger partial charge in [0.2, 0.25) is 0 Å². The van der Waals surface area contributed by atoms with Gasteiger partial charge in [-0.15, -0.1) is 0 Å². The number of benzene rings is 1. The number of hydrogen-bond donors (Lipinski definition) is 1. The first kappa shape index (κ1) is 20.9. The quantitative estimate of drug-likeness (QED) is 0.647. The Kier molecular flexibility index (Phi) is 5.83. The number of fused-ring (bicyclic) bond motifs is 1. The van der Waals surface area contributed by atoms with Crippen LogP contribution in [0.4, 0.5) is 5.69 Å². The van der Waals surface area contributed by atoms with Crippen molar-refractivity contribution in [3.8, 4) is 0 Å². The van der Waals surface area contributed by atoms with Crippen molar-refractivity contribution in [2.24, 2.45) is 0 Å². The van der Waals surface area contributed by atoms with Crippen molar-refractivity contribution in [3.05, 3.63) is 98.7 Å². The van der Waals surface area contributed by atoms with Crippen LogP contribution in [0.2, 0.25) is 5.02 Å². The summed E-state index contributed by atoms with van der Waals surface area (Å²) in [5, 5.41) is 10.5. The van der Waals surface area contributed by atoms with Gasteiger partial charge in [-0.25, -0.2) is 0 Å². The van der Waals surface area contributed by atoms with E-state index in [1.807, 2.05) is 24.4 Å². The lowest BCUT2D eigenvalue weighted by atomic mass is 10.0. The summed E-state index contributed by atoms with van der Waals surface area (Å²) >= 11 is 6.11. The molecule has 32 heavy (non-hydrogen) atoms. The number of allylic oxidation sites excluding steroid dienone is 1. The fourth-order valence-corrected chi connectivity index (χ4v) is 4.64. The Morgan fingerprint density at radius 1 is 1.16 bits per heavy atom. The van der Waals surface area contributed by atoms with Crippen molar-refractivity contribution in [1.82, 2.24) is 9.55 Å². The summed E-state index contributed by atoms with van der Waals surface area (Å²) < 4.78 is 7.01.